The van der Waals surface area contributed by atoms with Crippen molar-refractivity contribution in [2.75, 3.05) is 13.2 Å². The Kier molecular flexibility index (Phi) is 3.56. The Labute approximate surface area is 95.3 Å². The van der Waals surface area contributed by atoms with E-state index in [4.69, 9.17) is 5.73 Å². The molecule has 0 spiro atoms. The van der Waals surface area contributed by atoms with Crippen LogP contribution in [-0.4, -0.2) is 46.5 Å². The van der Waals surface area contributed by atoms with Gasteiger partial charge in [-0.2, -0.15) is 0 Å². The van der Waals surface area contributed by atoms with Crippen molar-refractivity contribution in [3.05, 3.63) is 35.9 Å². The average Bonchev–Trinajstić information content (AvgIpc) is 2.56. The molecule has 1 aliphatic heterocycles. The number of nitrogens with two attached hydrogens (primary N) is 1. The molecule has 4 N–H and O–H groups in total. The van der Waals surface area contributed by atoms with Crippen molar-refractivity contribution in [2.45, 2.75) is 24.7 Å². The molecule has 88 valence electrons. The lowest BCUT2D eigenvalue weighted by atomic mass is 10.1. The largest absolute Gasteiger partial charge is 0.395 e. The fraction of sp³-hybridized carbons (Fsp3) is 0.500. The molecule has 0 unspecified atom stereocenters. The molecule has 1 saturated heterocycles. The summed E-state index contributed by atoms with van der Waals surface area (Å²) >= 11 is 0. The zero-order valence-electron chi connectivity index (χ0n) is 9.16. The summed E-state index contributed by atoms with van der Waals surface area (Å²) in [5, 5.41) is 19.0. The highest BCUT2D eigenvalue weighted by atomic mass is 16.3. The highest BCUT2D eigenvalue weighted by Gasteiger charge is 2.37. The fourth-order valence-electron chi connectivity index (χ4n) is 2.24. The Bertz CT molecular complexity index is 331. The molecule has 1 aromatic rings. The average molecular weight is 222 g/mol. The summed E-state index contributed by atoms with van der Waals surface area (Å²) in [6, 6.07) is 9.49. The van der Waals surface area contributed by atoms with E-state index in [0.717, 1.165) is 6.54 Å². The maximum Gasteiger partial charge on any atom is 0.0880 e. The maximum absolute atomic E-state index is 9.78. The van der Waals surface area contributed by atoms with Gasteiger partial charge in [-0.05, 0) is 5.56 Å². The van der Waals surface area contributed by atoms with Gasteiger partial charge in [0.05, 0.1) is 18.8 Å². The van der Waals surface area contributed by atoms with Crippen LogP contribution in [0.3, 0.4) is 0 Å². The summed E-state index contributed by atoms with van der Waals surface area (Å²) in [6.45, 7) is 1.29. The highest BCUT2D eigenvalue weighted by Crippen LogP contribution is 2.19. The SMILES string of the molecule is N[C@H]1CN(Cc2ccccc2)[C@@H](CO)[C@@H]1O. The molecular weight excluding hydrogens is 204 g/mol. The van der Waals surface area contributed by atoms with Crippen molar-refractivity contribution in [1.29, 1.82) is 0 Å². The third kappa shape index (κ3) is 2.25. The predicted molar refractivity (Wildman–Crippen MR) is 61.7 cm³/mol. The van der Waals surface area contributed by atoms with Crippen molar-refractivity contribution in [2.24, 2.45) is 5.73 Å². The molecule has 0 aromatic heterocycles. The Morgan fingerprint density at radius 3 is 2.62 bits per heavy atom. The van der Waals surface area contributed by atoms with Crippen LogP contribution in [0.25, 0.3) is 0 Å². The van der Waals surface area contributed by atoms with E-state index in [-0.39, 0.29) is 18.7 Å². The first-order valence-corrected chi connectivity index (χ1v) is 5.55. The van der Waals surface area contributed by atoms with E-state index >= 15 is 0 Å². The molecule has 0 bridgehead atoms. The quantitative estimate of drug-likeness (QED) is 0.648. The number of hydrogen-bond acceptors (Lipinski definition) is 4. The number of rotatable bonds is 3. The van der Waals surface area contributed by atoms with Crippen LogP contribution in [0.5, 0.6) is 0 Å². The Balaban J connectivity index is 2.05. The standard InChI is InChI=1S/C12H18N2O2/c13-10-7-14(11(8-15)12(10)16)6-9-4-2-1-3-5-9/h1-5,10-12,15-16H,6-8,13H2/t10-,11-,12+/m0/s1. The van der Waals surface area contributed by atoms with Gasteiger partial charge in [-0.1, -0.05) is 30.3 Å². The Hall–Kier alpha value is -0.940. The zero-order chi connectivity index (χ0) is 11.5. The van der Waals surface area contributed by atoms with Crippen LogP contribution in [-0.2, 0) is 6.54 Å². The molecule has 2 rings (SSSR count). The van der Waals surface area contributed by atoms with E-state index in [9.17, 15) is 10.2 Å². The minimum atomic E-state index is -0.631. The summed E-state index contributed by atoms with van der Waals surface area (Å²) in [4.78, 5) is 2.03. The van der Waals surface area contributed by atoms with Crippen molar-refractivity contribution in [1.82, 2.24) is 4.90 Å². The molecule has 1 heterocycles. The molecule has 1 aliphatic rings. The van der Waals surface area contributed by atoms with E-state index in [1.165, 1.54) is 5.56 Å². The van der Waals surface area contributed by atoms with Crippen LogP contribution < -0.4 is 5.73 Å². The number of benzene rings is 1. The van der Waals surface area contributed by atoms with Gasteiger partial charge in [-0.25, -0.2) is 0 Å². The van der Waals surface area contributed by atoms with Crippen LogP contribution in [0.1, 0.15) is 5.56 Å². The van der Waals surface area contributed by atoms with Crippen LogP contribution in [0.15, 0.2) is 30.3 Å². The smallest absolute Gasteiger partial charge is 0.0880 e. The van der Waals surface area contributed by atoms with Crippen molar-refractivity contribution in [3.8, 4) is 0 Å². The van der Waals surface area contributed by atoms with E-state index in [2.05, 4.69) is 0 Å². The lowest BCUT2D eigenvalue weighted by molar-refractivity contribution is 0.0646. The van der Waals surface area contributed by atoms with Gasteiger partial charge in [-0.3, -0.25) is 4.90 Å². The van der Waals surface area contributed by atoms with Gasteiger partial charge in [0.1, 0.15) is 0 Å². The first-order chi connectivity index (χ1) is 7.72. The van der Waals surface area contributed by atoms with E-state index in [1.54, 1.807) is 0 Å². The molecule has 4 heteroatoms. The van der Waals surface area contributed by atoms with Crippen molar-refractivity contribution >= 4 is 0 Å². The van der Waals surface area contributed by atoms with Gasteiger partial charge in [-0.15, -0.1) is 0 Å². The van der Waals surface area contributed by atoms with E-state index < -0.39 is 6.10 Å². The fourth-order valence-corrected chi connectivity index (χ4v) is 2.24. The number of aliphatic hydroxyl groups is 2. The molecule has 16 heavy (non-hydrogen) atoms. The molecule has 4 nitrogen and oxygen atoms in total. The number of hydrogen-bond donors (Lipinski definition) is 3. The molecule has 3 atom stereocenters. The van der Waals surface area contributed by atoms with Gasteiger partial charge >= 0.3 is 0 Å². The molecule has 0 aliphatic carbocycles. The molecule has 0 saturated carbocycles. The third-order valence-corrected chi connectivity index (χ3v) is 3.16. The van der Waals surface area contributed by atoms with Gasteiger partial charge in [0, 0.05) is 19.1 Å². The summed E-state index contributed by atoms with van der Waals surface area (Å²) in [5.41, 5.74) is 6.95. The van der Waals surface area contributed by atoms with Crippen LogP contribution >= 0.6 is 0 Å². The molecular formula is C12H18N2O2. The zero-order valence-corrected chi connectivity index (χ0v) is 9.16. The summed E-state index contributed by atoms with van der Waals surface area (Å²) in [6.07, 6.45) is -0.631. The van der Waals surface area contributed by atoms with Crippen LogP contribution in [0, 0.1) is 0 Å². The monoisotopic (exact) mass is 222 g/mol. The summed E-state index contributed by atoms with van der Waals surface area (Å²) < 4.78 is 0. The number of nitrogens with zero attached hydrogens (tertiary/aromatic N) is 1. The first-order valence-electron chi connectivity index (χ1n) is 5.55. The van der Waals surface area contributed by atoms with Gasteiger partial charge in [0.15, 0.2) is 0 Å². The number of likely N-dealkylation sites (tertiary alicyclic amines) is 1. The second-order valence-electron chi connectivity index (χ2n) is 4.32. The molecule has 1 aromatic carbocycles. The summed E-state index contributed by atoms with van der Waals surface area (Å²) in [5.74, 6) is 0. The highest BCUT2D eigenvalue weighted by molar-refractivity contribution is 5.15. The van der Waals surface area contributed by atoms with Crippen LogP contribution in [0.4, 0.5) is 0 Å². The lowest BCUT2D eigenvalue weighted by Gasteiger charge is -2.23. The molecule has 0 amide bonds. The maximum atomic E-state index is 9.78. The predicted octanol–water partition coefficient (Wildman–Crippen LogP) is -0.449. The van der Waals surface area contributed by atoms with Crippen molar-refractivity contribution in [3.63, 3.8) is 0 Å². The summed E-state index contributed by atoms with van der Waals surface area (Å²) in [7, 11) is 0. The molecule has 1 fully saturated rings. The van der Waals surface area contributed by atoms with E-state index in [1.807, 2.05) is 35.2 Å². The normalized spacial score (nSPS) is 30.8. The van der Waals surface area contributed by atoms with Crippen molar-refractivity contribution < 1.29 is 10.2 Å². The first kappa shape index (κ1) is 11.5. The Morgan fingerprint density at radius 2 is 2.00 bits per heavy atom. The third-order valence-electron chi connectivity index (χ3n) is 3.16. The lowest BCUT2D eigenvalue weighted by Crippen LogP contribution is -2.40. The van der Waals surface area contributed by atoms with E-state index in [0.29, 0.717) is 6.54 Å². The van der Waals surface area contributed by atoms with Crippen LogP contribution in [0.2, 0.25) is 0 Å². The minimum absolute atomic E-state index is 0.0539. The van der Waals surface area contributed by atoms with Gasteiger partial charge in [0.2, 0.25) is 0 Å². The number of aliphatic hydroxyl groups excluding tert-OH is 2. The topological polar surface area (TPSA) is 69.7 Å². The second kappa shape index (κ2) is 4.93. The van der Waals surface area contributed by atoms with Gasteiger partial charge < -0.3 is 15.9 Å². The van der Waals surface area contributed by atoms with Gasteiger partial charge in [0.25, 0.3) is 0 Å². The second-order valence-corrected chi connectivity index (χ2v) is 4.32. The minimum Gasteiger partial charge on any atom is -0.395 e. The Morgan fingerprint density at radius 1 is 1.31 bits per heavy atom. The molecule has 0 radical (unpaired) electrons.